The van der Waals surface area contributed by atoms with E-state index in [-0.39, 0.29) is 22.7 Å². The van der Waals surface area contributed by atoms with E-state index in [4.69, 9.17) is 12.2 Å². The summed E-state index contributed by atoms with van der Waals surface area (Å²) in [7, 11) is 0. The Labute approximate surface area is 131 Å². The highest BCUT2D eigenvalue weighted by Gasteiger charge is 2.11. The third-order valence-corrected chi connectivity index (χ3v) is 3.50. The van der Waals surface area contributed by atoms with Gasteiger partial charge in [0.05, 0.1) is 5.69 Å². The summed E-state index contributed by atoms with van der Waals surface area (Å²) in [4.78, 5) is 11.7. The third kappa shape index (κ3) is 5.71. The zero-order chi connectivity index (χ0) is 16.0. The Morgan fingerprint density at radius 1 is 1.33 bits per heavy atom. The average Bonchev–Trinajstić information content (AvgIpc) is 2.39. The molecule has 0 spiro atoms. The number of anilines is 1. The van der Waals surface area contributed by atoms with Crippen molar-refractivity contribution in [3.63, 3.8) is 0 Å². The number of amides is 1. The van der Waals surface area contributed by atoms with Crippen LogP contribution in [0.25, 0.3) is 0 Å². The smallest absolute Gasteiger partial charge is 0.226 e. The van der Waals surface area contributed by atoms with Crippen molar-refractivity contribution in [2.75, 3.05) is 5.32 Å². The van der Waals surface area contributed by atoms with Gasteiger partial charge in [-0.1, -0.05) is 33.8 Å². The zero-order valence-electron chi connectivity index (χ0n) is 13.1. The molecule has 0 fully saturated rings. The van der Waals surface area contributed by atoms with E-state index in [1.807, 2.05) is 26.0 Å². The van der Waals surface area contributed by atoms with Crippen LogP contribution in [0.2, 0.25) is 0 Å². The molecular weight excluding hydrogens is 284 g/mol. The van der Waals surface area contributed by atoms with E-state index in [9.17, 15) is 9.90 Å². The fourth-order valence-corrected chi connectivity index (χ4v) is 2.12. The van der Waals surface area contributed by atoms with Crippen molar-refractivity contribution in [1.82, 2.24) is 5.32 Å². The van der Waals surface area contributed by atoms with Crippen molar-refractivity contribution in [2.24, 2.45) is 5.92 Å². The molecule has 0 aliphatic carbocycles. The topological polar surface area (TPSA) is 61.4 Å². The van der Waals surface area contributed by atoms with E-state index in [1.54, 1.807) is 6.07 Å². The first kappa shape index (κ1) is 17.4. The van der Waals surface area contributed by atoms with Crippen LogP contribution < -0.4 is 10.6 Å². The summed E-state index contributed by atoms with van der Waals surface area (Å²) in [5.41, 5.74) is 1.64. The van der Waals surface area contributed by atoms with Crippen LogP contribution in [-0.2, 0) is 4.79 Å². The Morgan fingerprint density at radius 2 is 2.00 bits per heavy atom. The quantitative estimate of drug-likeness (QED) is 0.572. The molecule has 0 saturated heterocycles. The van der Waals surface area contributed by atoms with Gasteiger partial charge in [-0.05, 0) is 48.2 Å². The molecule has 3 N–H and O–H groups in total. The van der Waals surface area contributed by atoms with Crippen LogP contribution >= 0.6 is 12.2 Å². The fraction of sp³-hybridized carbons (Fsp3) is 0.500. The monoisotopic (exact) mass is 308 g/mol. The summed E-state index contributed by atoms with van der Waals surface area (Å²) < 4.78 is 0. The minimum Gasteiger partial charge on any atom is -0.506 e. The van der Waals surface area contributed by atoms with Crippen LogP contribution in [0, 0.1) is 5.92 Å². The van der Waals surface area contributed by atoms with Crippen molar-refractivity contribution in [3.8, 4) is 5.75 Å². The van der Waals surface area contributed by atoms with Gasteiger partial charge in [0, 0.05) is 6.42 Å². The van der Waals surface area contributed by atoms with E-state index in [0.717, 1.165) is 12.0 Å². The van der Waals surface area contributed by atoms with Crippen LogP contribution in [0.15, 0.2) is 18.2 Å². The first-order valence-corrected chi connectivity index (χ1v) is 7.68. The number of hydrogen-bond acceptors (Lipinski definition) is 3. The molecule has 4 nitrogen and oxygen atoms in total. The van der Waals surface area contributed by atoms with E-state index in [2.05, 4.69) is 24.5 Å². The van der Waals surface area contributed by atoms with Gasteiger partial charge in [0.2, 0.25) is 5.91 Å². The number of phenols is 1. The molecule has 1 amide bonds. The van der Waals surface area contributed by atoms with Gasteiger partial charge in [0.15, 0.2) is 5.11 Å². The molecule has 1 unspecified atom stereocenters. The molecular formula is C16H24N2O2S. The third-order valence-electron chi connectivity index (χ3n) is 3.30. The largest absolute Gasteiger partial charge is 0.506 e. The van der Waals surface area contributed by atoms with Crippen molar-refractivity contribution in [2.45, 2.75) is 46.5 Å². The lowest BCUT2D eigenvalue weighted by Crippen LogP contribution is -2.34. The number of thiocarbonyl (C=S) groups is 1. The highest BCUT2D eigenvalue weighted by atomic mass is 32.1. The van der Waals surface area contributed by atoms with Crippen molar-refractivity contribution >= 4 is 28.9 Å². The summed E-state index contributed by atoms with van der Waals surface area (Å²) >= 11 is 5.11. The van der Waals surface area contributed by atoms with Crippen molar-refractivity contribution in [1.29, 1.82) is 0 Å². The molecule has 0 saturated carbocycles. The summed E-state index contributed by atoms with van der Waals surface area (Å²) in [5, 5.41) is 15.6. The van der Waals surface area contributed by atoms with Gasteiger partial charge < -0.3 is 15.7 Å². The molecule has 1 aromatic rings. The number of phenolic OH excluding ortho intramolecular Hbond substituents is 1. The van der Waals surface area contributed by atoms with Gasteiger partial charge in [-0.25, -0.2) is 0 Å². The van der Waals surface area contributed by atoms with Gasteiger partial charge in [-0.3, -0.25) is 4.79 Å². The van der Waals surface area contributed by atoms with Crippen LogP contribution in [-0.4, -0.2) is 16.1 Å². The minimum atomic E-state index is -0.125. The summed E-state index contributed by atoms with van der Waals surface area (Å²) in [5.74, 6) is 0.660. The zero-order valence-corrected chi connectivity index (χ0v) is 13.9. The average molecular weight is 308 g/mol. The number of benzene rings is 1. The predicted molar refractivity (Wildman–Crippen MR) is 90.6 cm³/mol. The number of rotatable bonds is 5. The van der Waals surface area contributed by atoms with Crippen LogP contribution in [0.3, 0.4) is 0 Å². The van der Waals surface area contributed by atoms with Gasteiger partial charge in [-0.15, -0.1) is 0 Å². The van der Waals surface area contributed by atoms with Gasteiger partial charge >= 0.3 is 0 Å². The van der Waals surface area contributed by atoms with E-state index in [1.165, 1.54) is 0 Å². The SMILES string of the molecule is CCC(C)c1ccc(O)c(NC(=S)NC(=O)CC(C)C)c1. The van der Waals surface area contributed by atoms with Crippen molar-refractivity contribution < 1.29 is 9.90 Å². The second-order valence-corrected chi connectivity index (χ2v) is 6.09. The molecule has 0 bridgehead atoms. The number of hydrogen-bond donors (Lipinski definition) is 3. The lowest BCUT2D eigenvalue weighted by atomic mass is 9.98. The minimum absolute atomic E-state index is 0.113. The molecule has 0 aliphatic heterocycles. The van der Waals surface area contributed by atoms with Crippen LogP contribution in [0.1, 0.15) is 52.0 Å². The number of aromatic hydroxyl groups is 1. The van der Waals surface area contributed by atoms with Crippen LogP contribution in [0.4, 0.5) is 5.69 Å². The summed E-state index contributed by atoms with van der Waals surface area (Å²) in [6.45, 7) is 8.18. The predicted octanol–water partition coefficient (Wildman–Crippen LogP) is 3.76. The highest BCUT2D eigenvalue weighted by molar-refractivity contribution is 7.80. The molecule has 21 heavy (non-hydrogen) atoms. The Kier molecular flexibility index (Phi) is 6.62. The van der Waals surface area contributed by atoms with Gasteiger partial charge in [-0.2, -0.15) is 0 Å². The Bertz CT molecular complexity index is 515. The van der Waals surface area contributed by atoms with Crippen molar-refractivity contribution in [3.05, 3.63) is 23.8 Å². The number of carbonyl (C=O) groups excluding carboxylic acids is 1. The van der Waals surface area contributed by atoms with E-state index < -0.39 is 0 Å². The molecule has 1 aromatic carbocycles. The first-order valence-electron chi connectivity index (χ1n) is 7.27. The molecule has 0 radical (unpaired) electrons. The van der Waals surface area contributed by atoms with Gasteiger partial charge in [0.25, 0.3) is 0 Å². The second-order valence-electron chi connectivity index (χ2n) is 5.69. The highest BCUT2D eigenvalue weighted by Crippen LogP contribution is 2.28. The number of nitrogens with one attached hydrogen (secondary N) is 2. The normalized spacial score (nSPS) is 12.0. The molecule has 1 atom stereocenters. The lowest BCUT2D eigenvalue weighted by molar-refractivity contribution is -0.120. The Morgan fingerprint density at radius 3 is 2.57 bits per heavy atom. The van der Waals surface area contributed by atoms with Crippen LogP contribution in [0.5, 0.6) is 5.75 Å². The number of carbonyl (C=O) groups is 1. The summed E-state index contributed by atoms with van der Waals surface area (Å²) in [6.07, 6.45) is 1.43. The molecule has 0 aromatic heterocycles. The Hall–Kier alpha value is -1.62. The fourth-order valence-electron chi connectivity index (χ4n) is 1.90. The maximum absolute atomic E-state index is 11.7. The maximum Gasteiger partial charge on any atom is 0.226 e. The molecule has 1 rings (SSSR count). The molecule has 0 heterocycles. The van der Waals surface area contributed by atoms with Gasteiger partial charge in [0.1, 0.15) is 5.75 Å². The first-order chi connectivity index (χ1) is 9.83. The molecule has 0 aliphatic rings. The standard InChI is InChI=1S/C16H24N2O2S/c1-5-11(4)12-6-7-14(19)13(9-12)17-16(21)18-15(20)8-10(2)3/h6-7,9-11,19H,5,8H2,1-4H3,(H2,17,18,20,21). The van der Waals surface area contributed by atoms with E-state index >= 15 is 0 Å². The summed E-state index contributed by atoms with van der Waals surface area (Å²) in [6, 6.07) is 5.40. The maximum atomic E-state index is 11.7. The lowest BCUT2D eigenvalue weighted by Gasteiger charge is -2.15. The van der Waals surface area contributed by atoms with E-state index in [0.29, 0.717) is 18.0 Å². The molecule has 116 valence electrons. The molecule has 5 heteroatoms. The second kappa shape index (κ2) is 7.98. The Balaban J connectivity index is 2.73.